The third-order valence-electron chi connectivity index (χ3n) is 3.71. The van der Waals surface area contributed by atoms with Gasteiger partial charge in [-0.2, -0.15) is 0 Å². The molecule has 0 heterocycles. The van der Waals surface area contributed by atoms with Gasteiger partial charge in [-0.25, -0.2) is 0 Å². The Kier molecular flexibility index (Phi) is 6.27. The highest BCUT2D eigenvalue weighted by Gasteiger charge is 2.24. The molecule has 0 aliphatic heterocycles. The minimum Gasteiger partial charge on any atom is -0.496 e. The number of methoxy groups -OCH3 is 1. The topological polar surface area (TPSA) is 35.2 Å². The zero-order valence-electron chi connectivity index (χ0n) is 10.7. The summed E-state index contributed by atoms with van der Waals surface area (Å²) in [5.74, 6) is 1.42. The molecule has 1 fully saturated rings. The molecule has 0 radical (unpaired) electrons. The lowest BCUT2D eigenvalue weighted by Gasteiger charge is -2.28. The maximum atomic E-state index is 6.38. The maximum Gasteiger partial charge on any atom is 0.123 e. The van der Waals surface area contributed by atoms with Gasteiger partial charge in [-0.1, -0.05) is 30.9 Å². The van der Waals surface area contributed by atoms with Gasteiger partial charge in [-0.15, -0.1) is 12.4 Å². The molecule has 2 rings (SSSR count). The van der Waals surface area contributed by atoms with Crippen LogP contribution in [-0.2, 0) is 0 Å². The lowest BCUT2D eigenvalue weighted by molar-refractivity contribution is 0.301. The smallest absolute Gasteiger partial charge is 0.123 e. The van der Waals surface area contributed by atoms with Crippen LogP contribution in [0.1, 0.15) is 43.7 Å². The second-order valence-corrected chi connectivity index (χ2v) is 5.25. The molecule has 0 saturated heterocycles. The lowest BCUT2D eigenvalue weighted by Crippen LogP contribution is -2.24. The summed E-state index contributed by atoms with van der Waals surface area (Å²) >= 11 is 6.05. The molecule has 0 spiro atoms. The molecule has 1 aliphatic carbocycles. The number of ether oxygens (including phenoxy) is 1. The second kappa shape index (κ2) is 7.22. The van der Waals surface area contributed by atoms with Crippen molar-refractivity contribution in [3.05, 3.63) is 28.8 Å². The monoisotopic (exact) mass is 289 g/mol. The van der Waals surface area contributed by atoms with Gasteiger partial charge in [0.05, 0.1) is 7.11 Å². The van der Waals surface area contributed by atoms with Gasteiger partial charge in [0.25, 0.3) is 0 Å². The van der Waals surface area contributed by atoms with E-state index in [9.17, 15) is 0 Å². The minimum atomic E-state index is 0. The predicted molar refractivity (Wildman–Crippen MR) is 78.8 cm³/mol. The van der Waals surface area contributed by atoms with Crippen molar-refractivity contribution in [2.45, 2.75) is 38.1 Å². The number of benzene rings is 1. The third-order valence-corrected chi connectivity index (χ3v) is 3.94. The van der Waals surface area contributed by atoms with Crippen molar-refractivity contribution in [3.63, 3.8) is 0 Å². The van der Waals surface area contributed by atoms with E-state index in [0.717, 1.165) is 16.3 Å². The van der Waals surface area contributed by atoms with E-state index in [-0.39, 0.29) is 18.4 Å². The van der Waals surface area contributed by atoms with Crippen LogP contribution in [0.15, 0.2) is 18.2 Å². The van der Waals surface area contributed by atoms with Gasteiger partial charge in [-0.05, 0) is 37.0 Å². The van der Waals surface area contributed by atoms with Crippen molar-refractivity contribution in [1.29, 1.82) is 0 Å². The molecule has 0 aromatic heterocycles. The van der Waals surface area contributed by atoms with Crippen LogP contribution < -0.4 is 10.5 Å². The first-order valence-electron chi connectivity index (χ1n) is 6.31. The summed E-state index contributed by atoms with van der Waals surface area (Å²) in [5.41, 5.74) is 7.42. The molecular weight excluding hydrogens is 269 g/mol. The number of rotatable bonds is 3. The molecule has 18 heavy (non-hydrogen) atoms. The van der Waals surface area contributed by atoms with Crippen LogP contribution >= 0.6 is 24.0 Å². The molecule has 4 heteroatoms. The van der Waals surface area contributed by atoms with Crippen LogP contribution in [0, 0.1) is 5.92 Å². The first-order chi connectivity index (χ1) is 8.22. The summed E-state index contributed by atoms with van der Waals surface area (Å²) in [4.78, 5) is 0. The molecular formula is C14H21Cl2NO. The molecule has 1 aliphatic rings. The highest BCUT2D eigenvalue weighted by atomic mass is 35.5. The molecule has 1 atom stereocenters. The Morgan fingerprint density at radius 3 is 2.56 bits per heavy atom. The quantitative estimate of drug-likeness (QED) is 0.898. The highest BCUT2D eigenvalue weighted by Crippen LogP contribution is 2.37. The molecule has 1 saturated carbocycles. The fraction of sp³-hybridized carbons (Fsp3) is 0.571. The molecule has 102 valence electrons. The van der Waals surface area contributed by atoms with Crippen molar-refractivity contribution in [3.8, 4) is 5.75 Å². The fourth-order valence-corrected chi connectivity index (χ4v) is 2.89. The first-order valence-corrected chi connectivity index (χ1v) is 6.69. The average molecular weight is 290 g/mol. The summed E-state index contributed by atoms with van der Waals surface area (Å²) in [6, 6.07) is 5.74. The van der Waals surface area contributed by atoms with Crippen molar-refractivity contribution < 1.29 is 4.74 Å². The van der Waals surface area contributed by atoms with E-state index in [1.807, 2.05) is 18.2 Å². The third kappa shape index (κ3) is 3.53. The molecule has 2 nitrogen and oxygen atoms in total. The van der Waals surface area contributed by atoms with E-state index in [4.69, 9.17) is 22.1 Å². The van der Waals surface area contributed by atoms with Crippen molar-refractivity contribution in [1.82, 2.24) is 0 Å². The van der Waals surface area contributed by atoms with E-state index >= 15 is 0 Å². The summed E-state index contributed by atoms with van der Waals surface area (Å²) in [6.07, 6.45) is 6.37. The van der Waals surface area contributed by atoms with Crippen LogP contribution in [0.25, 0.3) is 0 Å². The molecule has 1 aromatic carbocycles. The average Bonchev–Trinajstić information content (AvgIpc) is 2.39. The van der Waals surface area contributed by atoms with Gasteiger partial charge in [0, 0.05) is 16.6 Å². The molecule has 0 amide bonds. The fourth-order valence-electron chi connectivity index (χ4n) is 2.71. The summed E-state index contributed by atoms with van der Waals surface area (Å²) < 4.78 is 5.37. The van der Waals surface area contributed by atoms with Crippen molar-refractivity contribution in [2.24, 2.45) is 11.7 Å². The zero-order chi connectivity index (χ0) is 12.3. The first kappa shape index (κ1) is 15.6. The minimum absolute atomic E-state index is 0. The number of hydrogen-bond donors (Lipinski definition) is 1. The normalized spacial score (nSPS) is 17.9. The van der Waals surface area contributed by atoms with Gasteiger partial charge >= 0.3 is 0 Å². The van der Waals surface area contributed by atoms with E-state index in [1.54, 1.807) is 7.11 Å². The van der Waals surface area contributed by atoms with Crippen LogP contribution in [0.4, 0.5) is 0 Å². The maximum absolute atomic E-state index is 6.38. The van der Waals surface area contributed by atoms with Gasteiger partial charge < -0.3 is 10.5 Å². The van der Waals surface area contributed by atoms with Gasteiger partial charge in [0.2, 0.25) is 0 Å². The number of nitrogens with two attached hydrogens (primary N) is 1. The Morgan fingerprint density at radius 1 is 1.28 bits per heavy atom. The van der Waals surface area contributed by atoms with Crippen LogP contribution in [0.2, 0.25) is 5.02 Å². The molecule has 0 bridgehead atoms. The van der Waals surface area contributed by atoms with Crippen molar-refractivity contribution in [2.75, 3.05) is 7.11 Å². The van der Waals surface area contributed by atoms with E-state index < -0.39 is 0 Å². The zero-order valence-corrected chi connectivity index (χ0v) is 12.3. The lowest BCUT2D eigenvalue weighted by atomic mass is 9.81. The molecule has 0 unspecified atom stereocenters. The summed E-state index contributed by atoms with van der Waals surface area (Å²) in [6.45, 7) is 0. The Hall–Kier alpha value is -0.440. The second-order valence-electron chi connectivity index (χ2n) is 4.81. The Morgan fingerprint density at radius 2 is 1.94 bits per heavy atom. The molecule has 2 N–H and O–H groups in total. The number of halogens is 2. The van der Waals surface area contributed by atoms with Gasteiger partial charge in [0.1, 0.15) is 5.75 Å². The predicted octanol–water partition coefficient (Wildman–Crippen LogP) is 4.35. The summed E-state index contributed by atoms with van der Waals surface area (Å²) in [5, 5.41) is 0.729. The van der Waals surface area contributed by atoms with Crippen molar-refractivity contribution >= 4 is 24.0 Å². The Bertz CT molecular complexity index is 378. The van der Waals surface area contributed by atoms with Gasteiger partial charge in [0.15, 0.2) is 0 Å². The number of hydrogen-bond acceptors (Lipinski definition) is 2. The van der Waals surface area contributed by atoms with Crippen LogP contribution in [-0.4, -0.2) is 7.11 Å². The van der Waals surface area contributed by atoms with Crippen LogP contribution in [0.3, 0.4) is 0 Å². The van der Waals surface area contributed by atoms with E-state index in [2.05, 4.69) is 0 Å². The Balaban J connectivity index is 0.00000162. The molecule has 1 aromatic rings. The highest BCUT2D eigenvalue weighted by molar-refractivity contribution is 6.30. The Labute approximate surface area is 120 Å². The van der Waals surface area contributed by atoms with E-state index in [0.29, 0.717) is 5.92 Å². The summed E-state index contributed by atoms with van der Waals surface area (Å²) in [7, 11) is 1.68. The van der Waals surface area contributed by atoms with E-state index in [1.165, 1.54) is 32.1 Å². The van der Waals surface area contributed by atoms with Gasteiger partial charge in [-0.3, -0.25) is 0 Å². The SMILES string of the molecule is COc1ccc(Cl)cc1[C@H](N)C1CCCCC1.Cl. The standard InChI is InChI=1S/C14H20ClNO.ClH/c1-17-13-8-7-11(15)9-12(13)14(16)10-5-3-2-4-6-10;/h7-10,14H,2-6,16H2,1H3;1H/t14-;/m1./s1. The largest absolute Gasteiger partial charge is 0.496 e. The van der Waals surface area contributed by atoms with Crippen LogP contribution in [0.5, 0.6) is 5.75 Å².